The lowest BCUT2D eigenvalue weighted by Crippen LogP contribution is -2.28. The molecule has 0 saturated heterocycles. The third-order valence-corrected chi connectivity index (χ3v) is 4.15. The predicted molar refractivity (Wildman–Crippen MR) is 72.6 cm³/mol. The fourth-order valence-corrected chi connectivity index (χ4v) is 2.79. The number of nitrogens with one attached hydrogen (secondary N) is 2. The standard InChI is InChI=1S/C10H24N2O2S2/c1-3-6-11-7-4-5-10-16(13,14)12-8-9-15-2/h11-12H,3-10H2,1-2H3. The minimum absolute atomic E-state index is 0.245. The van der Waals surface area contributed by atoms with Gasteiger partial charge in [-0.2, -0.15) is 11.8 Å². The molecule has 0 amide bonds. The maximum atomic E-state index is 11.5. The Morgan fingerprint density at radius 2 is 1.88 bits per heavy atom. The van der Waals surface area contributed by atoms with Gasteiger partial charge in [0, 0.05) is 12.3 Å². The Bertz CT molecular complexity index is 243. The van der Waals surface area contributed by atoms with Crippen molar-refractivity contribution in [1.29, 1.82) is 0 Å². The Hall–Kier alpha value is 0.220. The maximum absolute atomic E-state index is 11.5. The van der Waals surface area contributed by atoms with Gasteiger partial charge in [-0.15, -0.1) is 0 Å². The van der Waals surface area contributed by atoms with Crippen LogP contribution in [0.15, 0.2) is 0 Å². The maximum Gasteiger partial charge on any atom is 0.211 e. The average molecular weight is 268 g/mol. The van der Waals surface area contributed by atoms with Crippen LogP contribution in [0.2, 0.25) is 0 Å². The third-order valence-electron chi connectivity index (χ3n) is 2.07. The molecule has 0 aliphatic rings. The lowest BCUT2D eigenvalue weighted by molar-refractivity contribution is 0.575. The van der Waals surface area contributed by atoms with Gasteiger partial charge in [-0.05, 0) is 38.6 Å². The number of thioether (sulfide) groups is 1. The van der Waals surface area contributed by atoms with Crippen molar-refractivity contribution < 1.29 is 8.42 Å². The average Bonchev–Trinajstić information content (AvgIpc) is 2.23. The van der Waals surface area contributed by atoms with E-state index in [4.69, 9.17) is 0 Å². The lowest BCUT2D eigenvalue weighted by atomic mass is 10.3. The molecular weight excluding hydrogens is 244 g/mol. The van der Waals surface area contributed by atoms with Crippen molar-refractivity contribution in [2.24, 2.45) is 0 Å². The molecule has 4 nitrogen and oxygen atoms in total. The first-order valence-electron chi connectivity index (χ1n) is 5.79. The van der Waals surface area contributed by atoms with Gasteiger partial charge in [0.15, 0.2) is 0 Å². The van der Waals surface area contributed by atoms with Crippen LogP contribution in [0.5, 0.6) is 0 Å². The van der Waals surface area contributed by atoms with Crippen molar-refractivity contribution in [2.75, 3.05) is 37.4 Å². The molecule has 0 fully saturated rings. The van der Waals surface area contributed by atoms with Crippen LogP contribution in [-0.4, -0.2) is 45.8 Å². The molecule has 0 atom stereocenters. The molecule has 2 N–H and O–H groups in total. The summed E-state index contributed by atoms with van der Waals surface area (Å²) in [6, 6.07) is 0. The van der Waals surface area contributed by atoms with Crippen molar-refractivity contribution in [3.05, 3.63) is 0 Å². The molecule has 0 aromatic rings. The van der Waals surface area contributed by atoms with Crippen LogP contribution in [0.3, 0.4) is 0 Å². The summed E-state index contributed by atoms with van der Waals surface area (Å²) in [5.41, 5.74) is 0. The molecule has 0 aliphatic heterocycles. The molecule has 0 rings (SSSR count). The monoisotopic (exact) mass is 268 g/mol. The largest absolute Gasteiger partial charge is 0.317 e. The number of unbranched alkanes of at least 4 members (excludes halogenated alkanes) is 1. The fraction of sp³-hybridized carbons (Fsp3) is 1.00. The summed E-state index contributed by atoms with van der Waals surface area (Å²) in [5.74, 6) is 1.08. The van der Waals surface area contributed by atoms with Gasteiger partial charge in [0.25, 0.3) is 0 Å². The van der Waals surface area contributed by atoms with E-state index < -0.39 is 10.0 Å². The molecule has 0 saturated carbocycles. The minimum Gasteiger partial charge on any atom is -0.317 e. The van der Waals surface area contributed by atoms with Crippen LogP contribution in [0.1, 0.15) is 26.2 Å². The van der Waals surface area contributed by atoms with Gasteiger partial charge in [-0.25, -0.2) is 13.1 Å². The highest BCUT2D eigenvalue weighted by Gasteiger charge is 2.07. The van der Waals surface area contributed by atoms with Crippen LogP contribution in [0.25, 0.3) is 0 Å². The summed E-state index contributed by atoms with van der Waals surface area (Å²) >= 11 is 1.64. The first kappa shape index (κ1) is 16.2. The second-order valence-corrected chi connectivity index (χ2v) is 6.58. The molecule has 0 radical (unpaired) electrons. The molecule has 0 aromatic heterocycles. The summed E-state index contributed by atoms with van der Waals surface area (Å²) in [5, 5.41) is 3.26. The SMILES string of the molecule is CCCNCCCCS(=O)(=O)NCCSC. The first-order valence-corrected chi connectivity index (χ1v) is 8.84. The van der Waals surface area contributed by atoms with Crippen LogP contribution >= 0.6 is 11.8 Å². The van der Waals surface area contributed by atoms with Gasteiger partial charge in [-0.3, -0.25) is 0 Å². The summed E-state index contributed by atoms with van der Waals surface area (Å²) in [6.07, 6.45) is 4.73. The highest BCUT2D eigenvalue weighted by molar-refractivity contribution is 7.98. The minimum atomic E-state index is -3.04. The molecule has 0 spiro atoms. The molecule has 0 heterocycles. The zero-order chi connectivity index (χ0) is 12.3. The van der Waals surface area contributed by atoms with E-state index in [9.17, 15) is 8.42 Å². The molecule has 98 valence electrons. The summed E-state index contributed by atoms with van der Waals surface area (Å²) in [7, 11) is -3.04. The van der Waals surface area contributed by atoms with E-state index in [2.05, 4.69) is 17.0 Å². The van der Waals surface area contributed by atoms with Crippen LogP contribution in [0, 0.1) is 0 Å². The first-order chi connectivity index (χ1) is 7.62. The Kier molecular flexibility index (Phi) is 10.5. The van der Waals surface area contributed by atoms with E-state index in [-0.39, 0.29) is 5.75 Å². The van der Waals surface area contributed by atoms with E-state index in [0.717, 1.165) is 38.1 Å². The predicted octanol–water partition coefficient (Wildman–Crippen LogP) is 1.05. The Morgan fingerprint density at radius 1 is 1.12 bits per heavy atom. The second kappa shape index (κ2) is 10.4. The van der Waals surface area contributed by atoms with Gasteiger partial charge in [0.05, 0.1) is 5.75 Å². The quantitative estimate of drug-likeness (QED) is 0.550. The third kappa shape index (κ3) is 10.7. The Morgan fingerprint density at radius 3 is 2.50 bits per heavy atom. The van der Waals surface area contributed by atoms with E-state index in [0.29, 0.717) is 6.54 Å². The molecular formula is C10H24N2O2S2. The smallest absolute Gasteiger partial charge is 0.211 e. The van der Waals surface area contributed by atoms with Crippen LogP contribution in [-0.2, 0) is 10.0 Å². The fourth-order valence-electron chi connectivity index (χ4n) is 1.22. The van der Waals surface area contributed by atoms with Gasteiger partial charge in [-0.1, -0.05) is 6.92 Å². The Balaban J connectivity index is 3.43. The molecule has 6 heteroatoms. The van der Waals surface area contributed by atoms with E-state index in [1.807, 2.05) is 6.26 Å². The lowest BCUT2D eigenvalue weighted by Gasteiger charge is -2.06. The van der Waals surface area contributed by atoms with Gasteiger partial charge in [0.1, 0.15) is 0 Å². The van der Waals surface area contributed by atoms with Crippen molar-refractivity contribution in [3.8, 4) is 0 Å². The number of hydrogen-bond donors (Lipinski definition) is 2. The zero-order valence-corrected chi connectivity index (χ0v) is 11.9. The molecule has 16 heavy (non-hydrogen) atoms. The highest BCUT2D eigenvalue weighted by Crippen LogP contribution is 1.95. The van der Waals surface area contributed by atoms with Crippen molar-refractivity contribution in [1.82, 2.24) is 10.0 Å². The molecule has 0 bridgehead atoms. The van der Waals surface area contributed by atoms with E-state index in [1.54, 1.807) is 11.8 Å². The Labute approximate surface area is 104 Å². The van der Waals surface area contributed by atoms with Crippen molar-refractivity contribution >= 4 is 21.8 Å². The summed E-state index contributed by atoms with van der Waals surface area (Å²) < 4.78 is 25.5. The summed E-state index contributed by atoms with van der Waals surface area (Å²) in [6.45, 7) is 4.58. The van der Waals surface area contributed by atoms with Crippen LogP contribution in [0.4, 0.5) is 0 Å². The van der Waals surface area contributed by atoms with E-state index >= 15 is 0 Å². The van der Waals surface area contributed by atoms with E-state index in [1.165, 1.54) is 0 Å². The van der Waals surface area contributed by atoms with Crippen molar-refractivity contribution in [2.45, 2.75) is 26.2 Å². The number of sulfonamides is 1. The number of hydrogen-bond acceptors (Lipinski definition) is 4. The van der Waals surface area contributed by atoms with Gasteiger partial charge < -0.3 is 5.32 Å². The zero-order valence-electron chi connectivity index (χ0n) is 10.3. The van der Waals surface area contributed by atoms with Gasteiger partial charge in [0.2, 0.25) is 10.0 Å². The van der Waals surface area contributed by atoms with Crippen molar-refractivity contribution in [3.63, 3.8) is 0 Å². The second-order valence-electron chi connectivity index (χ2n) is 3.66. The number of rotatable bonds is 11. The summed E-state index contributed by atoms with van der Waals surface area (Å²) in [4.78, 5) is 0. The normalized spacial score (nSPS) is 11.9. The molecule has 0 aromatic carbocycles. The topological polar surface area (TPSA) is 58.2 Å². The highest BCUT2D eigenvalue weighted by atomic mass is 32.2. The van der Waals surface area contributed by atoms with Gasteiger partial charge >= 0.3 is 0 Å². The molecule has 0 aliphatic carbocycles. The molecule has 0 unspecified atom stereocenters. The van der Waals surface area contributed by atoms with Crippen LogP contribution < -0.4 is 10.0 Å².